The molecule has 3 nitrogen and oxygen atoms in total. The van der Waals surface area contributed by atoms with Crippen LogP contribution in [0.5, 0.6) is 0 Å². The van der Waals surface area contributed by atoms with Gasteiger partial charge in [-0.15, -0.1) is 0 Å². The van der Waals surface area contributed by atoms with Crippen LogP contribution in [0.15, 0.2) is 83.1 Å². The number of allylic oxidation sites excluding steroid dienone is 1. The van der Waals surface area contributed by atoms with Gasteiger partial charge in [0.1, 0.15) is 0 Å². The topological polar surface area (TPSA) is 29.5 Å². The zero-order valence-electron chi connectivity index (χ0n) is 13.4. The Morgan fingerprint density at radius 3 is 2.04 bits per heavy atom. The van der Waals surface area contributed by atoms with Crippen molar-refractivity contribution < 1.29 is 9.53 Å². The van der Waals surface area contributed by atoms with Gasteiger partial charge in [0, 0.05) is 23.3 Å². The Morgan fingerprint density at radius 2 is 1.54 bits per heavy atom. The number of nitrogens with zero attached hydrogens (tertiary/aromatic N) is 1. The zero-order chi connectivity index (χ0) is 16.9. The van der Waals surface area contributed by atoms with Crippen LogP contribution in [-0.4, -0.2) is 18.0 Å². The molecule has 1 aliphatic heterocycles. The number of hydrogen-bond donors (Lipinski definition) is 0. The number of carbonyl (C=O) groups is 1. The molecule has 0 aliphatic carbocycles. The smallest absolute Gasteiger partial charge is 0.335 e. The van der Waals surface area contributed by atoms with Crippen LogP contribution in [-0.2, 0) is 9.53 Å². The summed E-state index contributed by atoms with van der Waals surface area (Å²) in [7, 11) is 1.41. The Balaban J connectivity index is 2.07. The quantitative estimate of drug-likeness (QED) is 0.711. The minimum absolute atomic E-state index is 0.0140. The van der Waals surface area contributed by atoms with Gasteiger partial charge in [-0.2, -0.15) is 0 Å². The Hall–Kier alpha value is -2.33. The van der Waals surface area contributed by atoms with Gasteiger partial charge < -0.3 is 9.64 Å². The van der Waals surface area contributed by atoms with E-state index in [9.17, 15) is 4.79 Å². The molecular formula is C20H18BrNO2. The molecule has 0 radical (unpaired) electrons. The highest BCUT2D eigenvalue weighted by Crippen LogP contribution is 2.34. The SMILES string of the molecule is COC(=O)C1=CN(C(c2ccccc2)c2ccccc2)C=C(Br)C1. The van der Waals surface area contributed by atoms with Gasteiger partial charge >= 0.3 is 5.97 Å². The summed E-state index contributed by atoms with van der Waals surface area (Å²) in [5.41, 5.74) is 2.94. The molecule has 0 amide bonds. The average Bonchev–Trinajstić information content (AvgIpc) is 2.62. The highest BCUT2D eigenvalue weighted by atomic mass is 79.9. The van der Waals surface area contributed by atoms with E-state index >= 15 is 0 Å². The van der Waals surface area contributed by atoms with E-state index in [2.05, 4.69) is 45.1 Å². The highest BCUT2D eigenvalue weighted by molar-refractivity contribution is 9.11. The summed E-state index contributed by atoms with van der Waals surface area (Å²) in [5, 5.41) is 0. The fraction of sp³-hybridized carbons (Fsp3) is 0.150. The van der Waals surface area contributed by atoms with Crippen molar-refractivity contribution in [2.75, 3.05) is 7.11 Å². The van der Waals surface area contributed by atoms with Crippen molar-refractivity contribution >= 4 is 21.9 Å². The third-order valence-electron chi connectivity index (χ3n) is 3.93. The molecule has 2 aromatic carbocycles. The first-order valence-corrected chi connectivity index (χ1v) is 8.51. The van der Waals surface area contributed by atoms with Crippen LogP contribution in [0.1, 0.15) is 23.6 Å². The van der Waals surface area contributed by atoms with E-state index in [1.165, 1.54) is 7.11 Å². The molecule has 3 rings (SSSR count). The number of methoxy groups -OCH3 is 1. The maximum atomic E-state index is 12.0. The lowest BCUT2D eigenvalue weighted by atomic mass is 9.96. The van der Waals surface area contributed by atoms with Crippen LogP contribution in [0.3, 0.4) is 0 Å². The molecule has 4 heteroatoms. The number of esters is 1. The van der Waals surface area contributed by atoms with Gasteiger partial charge in [0.2, 0.25) is 0 Å². The Bertz CT molecular complexity index is 729. The first-order chi connectivity index (χ1) is 11.7. The number of benzene rings is 2. The molecule has 0 N–H and O–H groups in total. The van der Waals surface area contributed by atoms with Crippen molar-refractivity contribution in [3.05, 3.63) is 94.2 Å². The summed E-state index contributed by atoms with van der Waals surface area (Å²) in [6.07, 6.45) is 4.44. The first-order valence-electron chi connectivity index (χ1n) is 7.71. The van der Waals surface area contributed by atoms with Crippen LogP contribution in [0, 0.1) is 0 Å². The summed E-state index contributed by atoms with van der Waals surface area (Å²) in [6, 6.07) is 20.5. The summed E-state index contributed by atoms with van der Waals surface area (Å²) in [4.78, 5) is 14.0. The summed E-state index contributed by atoms with van der Waals surface area (Å²) < 4.78 is 5.84. The molecule has 0 fully saturated rings. The van der Waals surface area contributed by atoms with E-state index < -0.39 is 0 Å². The number of hydrogen-bond acceptors (Lipinski definition) is 3. The van der Waals surface area contributed by atoms with Gasteiger partial charge in [-0.1, -0.05) is 76.6 Å². The van der Waals surface area contributed by atoms with Gasteiger partial charge in [0.25, 0.3) is 0 Å². The second-order valence-corrected chi connectivity index (χ2v) is 6.59. The van der Waals surface area contributed by atoms with Crippen LogP contribution in [0.4, 0.5) is 0 Å². The maximum absolute atomic E-state index is 12.0. The second kappa shape index (κ2) is 7.49. The van der Waals surface area contributed by atoms with Crippen molar-refractivity contribution in [3.8, 4) is 0 Å². The lowest BCUT2D eigenvalue weighted by Gasteiger charge is -2.32. The molecule has 0 spiro atoms. The van der Waals surface area contributed by atoms with Gasteiger partial charge in [-0.05, 0) is 11.1 Å². The zero-order valence-corrected chi connectivity index (χ0v) is 14.9. The average molecular weight is 384 g/mol. The van der Waals surface area contributed by atoms with Crippen LogP contribution in [0.2, 0.25) is 0 Å². The number of halogens is 1. The molecule has 0 aromatic heterocycles. The number of rotatable bonds is 4. The Morgan fingerprint density at radius 1 is 1.00 bits per heavy atom. The van der Waals surface area contributed by atoms with Crippen molar-refractivity contribution in [2.24, 2.45) is 0 Å². The molecule has 24 heavy (non-hydrogen) atoms. The number of carbonyl (C=O) groups excluding carboxylic acids is 1. The maximum Gasteiger partial charge on any atom is 0.335 e. The summed E-state index contributed by atoms with van der Waals surface area (Å²) >= 11 is 3.55. The summed E-state index contributed by atoms with van der Waals surface area (Å²) in [5.74, 6) is -0.301. The molecule has 0 saturated heterocycles. The normalized spacial score (nSPS) is 14.2. The minimum Gasteiger partial charge on any atom is -0.466 e. The minimum atomic E-state index is -0.301. The van der Waals surface area contributed by atoms with Crippen molar-refractivity contribution in [2.45, 2.75) is 12.5 Å². The molecule has 1 heterocycles. The number of ether oxygens (including phenoxy) is 1. The molecule has 0 bridgehead atoms. The molecule has 2 aromatic rings. The molecule has 0 unspecified atom stereocenters. The Labute approximate surface area is 150 Å². The first kappa shape index (κ1) is 16.5. The third-order valence-corrected chi connectivity index (χ3v) is 4.41. The van der Waals surface area contributed by atoms with Crippen molar-refractivity contribution in [3.63, 3.8) is 0 Å². The van der Waals surface area contributed by atoms with Crippen molar-refractivity contribution in [1.29, 1.82) is 0 Å². The monoisotopic (exact) mass is 383 g/mol. The van der Waals surface area contributed by atoms with Gasteiger partial charge in [-0.25, -0.2) is 4.79 Å². The van der Waals surface area contributed by atoms with Crippen LogP contribution in [0.25, 0.3) is 0 Å². The van der Waals surface area contributed by atoms with E-state index in [1.54, 1.807) is 0 Å². The Kier molecular flexibility index (Phi) is 5.16. The van der Waals surface area contributed by atoms with E-state index in [0.717, 1.165) is 15.6 Å². The fourth-order valence-electron chi connectivity index (χ4n) is 2.86. The third kappa shape index (κ3) is 3.60. The van der Waals surface area contributed by atoms with Crippen molar-refractivity contribution in [1.82, 2.24) is 4.90 Å². The van der Waals surface area contributed by atoms with Crippen LogP contribution >= 0.6 is 15.9 Å². The standard InChI is InChI=1S/C20H18BrNO2/c1-24-20(23)17-12-18(21)14-22(13-17)19(15-8-4-2-5-9-15)16-10-6-3-7-11-16/h2-11,13-14,19H,12H2,1H3. The van der Waals surface area contributed by atoms with E-state index in [-0.39, 0.29) is 12.0 Å². The largest absolute Gasteiger partial charge is 0.466 e. The molecule has 0 atom stereocenters. The van der Waals surface area contributed by atoms with E-state index in [1.807, 2.05) is 48.8 Å². The molecular weight excluding hydrogens is 366 g/mol. The highest BCUT2D eigenvalue weighted by Gasteiger charge is 2.24. The van der Waals surface area contributed by atoms with Crippen LogP contribution < -0.4 is 0 Å². The van der Waals surface area contributed by atoms with E-state index in [4.69, 9.17) is 4.74 Å². The van der Waals surface area contributed by atoms with Gasteiger partial charge in [0.05, 0.1) is 18.7 Å². The second-order valence-electron chi connectivity index (χ2n) is 5.57. The molecule has 122 valence electrons. The summed E-state index contributed by atoms with van der Waals surface area (Å²) in [6.45, 7) is 0. The predicted molar refractivity (Wildman–Crippen MR) is 98.3 cm³/mol. The van der Waals surface area contributed by atoms with Gasteiger partial charge in [0.15, 0.2) is 0 Å². The molecule has 0 saturated carbocycles. The molecule has 1 aliphatic rings. The fourth-order valence-corrected chi connectivity index (χ4v) is 3.40. The lowest BCUT2D eigenvalue weighted by Crippen LogP contribution is -2.24. The van der Waals surface area contributed by atoms with E-state index in [0.29, 0.717) is 12.0 Å². The predicted octanol–water partition coefficient (Wildman–Crippen LogP) is 4.77. The lowest BCUT2D eigenvalue weighted by molar-refractivity contribution is -0.136. The van der Waals surface area contributed by atoms with Gasteiger partial charge in [-0.3, -0.25) is 0 Å².